The second-order valence-electron chi connectivity index (χ2n) is 8.25. The average molecular weight is 414 g/mol. The van der Waals surface area contributed by atoms with Crippen LogP contribution in [0.2, 0.25) is 0 Å². The molecule has 4 rings (SSSR count). The van der Waals surface area contributed by atoms with E-state index in [0.29, 0.717) is 30.2 Å². The van der Waals surface area contributed by atoms with Gasteiger partial charge in [-0.2, -0.15) is 0 Å². The van der Waals surface area contributed by atoms with Gasteiger partial charge < -0.3 is 19.1 Å². The zero-order valence-electron chi connectivity index (χ0n) is 18.1. The predicted molar refractivity (Wildman–Crippen MR) is 112 cm³/mol. The summed E-state index contributed by atoms with van der Waals surface area (Å²) in [7, 11) is 1.60. The Labute approximate surface area is 178 Å². The Bertz CT molecular complexity index is 861. The maximum atomic E-state index is 13.5. The molecule has 0 radical (unpaired) electrons. The van der Waals surface area contributed by atoms with Crippen molar-refractivity contribution in [1.82, 2.24) is 4.90 Å². The van der Waals surface area contributed by atoms with E-state index < -0.39 is 6.04 Å². The van der Waals surface area contributed by atoms with Crippen molar-refractivity contribution in [3.8, 4) is 11.5 Å². The van der Waals surface area contributed by atoms with E-state index >= 15 is 0 Å². The number of carbonyl (C=O) groups is 2. The Morgan fingerprint density at radius 3 is 2.67 bits per heavy atom. The van der Waals surface area contributed by atoms with Gasteiger partial charge in [-0.05, 0) is 50.3 Å². The molecule has 6 nitrogen and oxygen atoms in total. The third-order valence-corrected chi connectivity index (χ3v) is 6.41. The number of rotatable bonds is 7. The van der Waals surface area contributed by atoms with Crippen LogP contribution in [0, 0.1) is 5.92 Å². The molecule has 0 aromatic heterocycles. The van der Waals surface area contributed by atoms with Gasteiger partial charge in [0.25, 0.3) is 5.91 Å². The number of fused-ring (bicyclic) bond motifs is 1. The molecule has 6 heteroatoms. The van der Waals surface area contributed by atoms with Crippen LogP contribution >= 0.6 is 0 Å². The monoisotopic (exact) mass is 413 g/mol. The summed E-state index contributed by atoms with van der Waals surface area (Å²) in [5, 5.41) is 0. The lowest BCUT2D eigenvalue weighted by Crippen LogP contribution is -2.39. The van der Waals surface area contributed by atoms with Gasteiger partial charge in [-0.15, -0.1) is 0 Å². The third kappa shape index (κ3) is 3.46. The molecule has 1 saturated carbocycles. The van der Waals surface area contributed by atoms with Crippen molar-refractivity contribution >= 4 is 11.7 Å². The molecule has 3 atom stereocenters. The lowest BCUT2D eigenvalue weighted by molar-refractivity contribution is -0.135. The number of ether oxygens (including phenoxy) is 3. The standard InChI is InChI=1S/C24H31NO5/c1-4-6-13-25-21(15-11-12-18(29-5-2)19(14-15)28-3)20-22(26)16-9-7-8-10-17(16)30-23(20)24(25)27/h11-12,14,16-17,21H,4-10,13H2,1-3H3. The number of benzene rings is 1. The smallest absolute Gasteiger partial charge is 0.290 e. The van der Waals surface area contributed by atoms with Gasteiger partial charge in [0.2, 0.25) is 0 Å². The molecule has 2 aliphatic heterocycles. The van der Waals surface area contributed by atoms with Gasteiger partial charge in [0.1, 0.15) is 6.10 Å². The summed E-state index contributed by atoms with van der Waals surface area (Å²) in [6.45, 7) is 5.14. The number of hydrogen-bond acceptors (Lipinski definition) is 5. The van der Waals surface area contributed by atoms with E-state index in [1.807, 2.05) is 25.1 Å². The van der Waals surface area contributed by atoms with Crippen molar-refractivity contribution in [2.24, 2.45) is 5.92 Å². The molecule has 0 bridgehead atoms. The highest BCUT2D eigenvalue weighted by molar-refractivity contribution is 6.11. The fraction of sp³-hybridized carbons (Fsp3) is 0.583. The first-order chi connectivity index (χ1) is 14.6. The molecular weight excluding hydrogens is 382 g/mol. The molecule has 0 spiro atoms. The van der Waals surface area contributed by atoms with Crippen LogP contribution in [-0.4, -0.2) is 43.0 Å². The van der Waals surface area contributed by atoms with Gasteiger partial charge >= 0.3 is 0 Å². The van der Waals surface area contributed by atoms with Gasteiger partial charge in [-0.3, -0.25) is 9.59 Å². The number of carbonyl (C=O) groups excluding carboxylic acids is 2. The molecule has 1 aromatic rings. The number of methoxy groups -OCH3 is 1. The van der Waals surface area contributed by atoms with Gasteiger partial charge in [-0.1, -0.05) is 25.8 Å². The fourth-order valence-corrected chi connectivity index (χ4v) is 4.93. The Hall–Kier alpha value is -2.50. The van der Waals surface area contributed by atoms with E-state index in [-0.39, 0.29) is 29.5 Å². The minimum Gasteiger partial charge on any atom is -0.493 e. The van der Waals surface area contributed by atoms with E-state index in [2.05, 4.69) is 6.92 Å². The minimum absolute atomic E-state index is 0.0890. The first kappa shape index (κ1) is 20.8. The van der Waals surface area contributed by atoms with E-state index in [4.69, 9.17) is 14.2 Å². The second-order valence-corrected chi connectivity index (χ2v) is 8.25. The van der Waals surface area contributed by atoms with Crippen LogP contribution in [0.15, 0.2) is 29.5 Å². The number of ketones is 1. The van der Waals surface area contributed by atoms with Gasteiger partial charge in [-0.25, -0.2) is 0 Å². The molecule has 2 heterocycles. The summed E-state index contributed by atoms with van der Waals surface area (Å²) in [5.74, 6) is 1.33. The molecule has 1 aliphatic carbocycles. The summed E-state index contributed by atoms with van der Waals surface area (Å²) in [6, 6.07) is 5.24. The zero-order chi connectivity index (χ0) is 21.3. The summed E-state index contributed by atoms with van der Waals surface area (Å²) in [4.78, 5) is 28.7. The van der Waals surface area contributed by atoms with E-state index in [1.165, 1.54) is 0 Å². The van der Waals surface area contributed by atoms with Crippen LogP contribution < -0.4 is 9.47 Å². The van der Waals surface area contributed by atoms with Gasteiger partial charge in [0.05, 0.1) is 31.2 Å². The second kappa shape index (κ2) is 8.70. The van der Waals surface area contributed by atoms with Crippen LogP contribution in [0.3, 0.4) is 0 Å². The Balaban J connectivity index is 1.77. The van der Waals surface area contributed by atoms with Crippen molar-refractivity contribution in [2.75, 3.05) is 20.3 Å². The van der Waals surface area contributed by atoms with E-state index in [1.54, 1.807) is 12.0 Å². The number of Topliss-reactive ketones (excluding diaryl/α,β-unsaturated/α-hetero) is 1. The van der Waals surface area contributed by atoms with Crippen molar-refractivity contribution in [3.05, 3.63) is 35.1 Å². The quantitative estimate of drug-likeness (QED) is 0.671. The predicted octanol–water partition coefficient (Wildman–Crippen LogP) is 4.19. The number of unbranched alkanes of at least 4 members (excludes halogenated alkanes) is 1. The zero-order valence-corrected chi connectivity index (χ0v) is 18.1. The maximum Gasteiger partial charge on any atom is 0.290 e. The molecule has 1 fully saturated rings. The molecule has 3 aliphatic rings. The first-order valence-electron chi connectivity index (χ1n) is 11.2. The number of nitrogens with zero attached hydrogens (tertiary/aromatic N) is 1. The van der Waals surface area contributed by atoms with Crippen molar-refractivity contribution < 1.29 is 23.8 Å². The van der Waals surface area contributed by atoms with Crippen LogP contribution in [0.25, 0.3) is 0 Å². The lowest BCUT2D eigenvalue weighted by Gasteiger charge is -2.35. The summed E-state index contributed by atoms with van der Waals surface area (Å²) in [6.07, 6.45) is 5.44. The van der Waals surface area contributed by atoms with Gasteiger partial charge in [0, 0.05) is 6.54 Å². The normalized spacial score (nSPS) is 25.7. The first-order valence-corrected chi connectivity index (χ1v) is 11.2. The van der Waals surface area contributed by atoms with E-state index in [9.17, 15) is 9.59 Å². The molecule has 1 amide bonds. The van der Waals surface area contributed by atoms with Crippen LogP contribution in [0.5, 0.6) is 11.5 Å². The highest BCUT2D eigenvalue weighted by Gasteiger charge is 2.51. The fourth-order valence-electron chi connectivity index (χ4n) is 4.93. The molecule has 30 heavy (non-hydrogen) atoms. The molecular formula is C24H31NO5. The third-order valence-electron chi connectivity index (χ3n) is 6.41. The molecule has 1 aromatic carbocycles. The Morgan fingerprint density at radius 1 is 1.13 bits per heavy atom. The topological polar surface area (TPSA) is 65.1 Å². The largest absolute Gasteiger partial charge is 0.493 e. The number of hydrogen-bond donors (Lipinski definition) is 0. The summed E-state index contributed by atoms with van der Waals surface area (Å²) < 4.78 is 17.4. The number of amides is 1. The molecule has 3 unspecified atom stereocenters. The molecule has 162 valence electrons. The van der Waals surface area contributed by atoms with E-state index in [0.717, 1.165) is 44.1 Å². The molecule has 0 saturated heterocycles. The van der Waals surface area contributed by atoms with Crippen molar-refractivity contribution in [1.29, 1.82) is 0 Å². The van der Waals surface area contributed by atoms with Crippen LogP contribution in [-0.2, 0) is 14.3 Å². The minimum atomic E-state index is -0.431. The summed E-state index contributed by atoms with van der Waals surface area (Å²) >= 11 is 0. The maximum absolute atomic E-state index is 13.5. The highest BCUT2D eigenvalue weighted by Crippen LogP contribution is 2.47. The van der Waals surface area contributed by atoms with Crippen LogP contribution in [0.4, 0.5) is 0 Å². The SMILES string of the molecule is CCCCN1C(=O)C2=C(C(=O)C3CCCCC3O2)C1c1ccc(OCC)c(OC)c1. The van der Waals surface area contributed by atoms with Gasteiger partial charge in [0.15, 0.2) is 23.0 Å². The van der Waals surface area contributed by atoms with Crippen molar-refractivity contribution in [2.45, 2.75) is 64.5 Å². The Morgan fingerprint density at radius 2 is 1.93 bits per heavy atom. The summed E-state index contributed by atoms with van der Waals surface area (Å²) in [5.41, 5.74) is 1.39. The van der Waals surface area contributed by atoms with Crippen molar-refractivity contribution in [3.63, 3.8) is 0 Å². The lowest BCUT2D eigenvalue weighted by atomic mass is 9.77. The Kier molecular flexibility index (Phi) is 6.02. The average Bonchev–Trinajstić information content (AvgIpc) is 3.05. The van der Waals surface area contributed by atoms with Crippen LogP contribution in [0.1, 0.15) is 64.0 Å². The molecule has 0 N–H and O–H groups in total. The highest BCUT2D eigenvalue weighted by atomic mass is 16.5.